The van der Waals surface area contributed by atoms with Gasteiger partial charge in [0.2, 0.25) is 0 Å². The van der Waals surface area contributed by atoms with Crippen LogP contribution in [-0.4, -0.2) is 5.11 Å². The predicted octanol–water partition coefficient (Wildman–Crippen LogP) is 3.75. The number of hydrogen-bond donors (Lipinski definition) is 1. The van der Waals surface area contributed by atoms with Crippen LogP contribution in [0.5, 0.6) is 5.75 Å². The molecule has 0 heterocycles. The molecule has 0 radical (unpaired) electrons. The normalized spacial score (nSPS) is 10.4. The highest BCUT2D eigenvalue weighted by Gasteiger charge is 2.32. The highest BCUT2D eigenvalue weighted by atomic mass is 19.4. The molecule has 4 heteroatoms. The monoisotopic (exact) mass is 206 g/mol. The van der Waals surface area contributed by atoms with Gasteiger partial charge in [0.25, 0.3) is 0 Å². The van der Waals surface area contributed by atoms with E-state index in [2.05, 4.69) is 0 Å². The summed E-state index contributed by atoms with van der Waals surface area (Å²) >= 11 is 0. The second kappa shape index (κ2) is 4.88. The van der Waals surface area contributed by atoms with Gasteiger partial charge in [-0.25, -0.2) is 0 Å². The van der Waals surface area contributed by atoms with Gasteiger partial charge < -0.3 is 5.11 Å². The van der Waals surface area contributed by atoms with Crippen LogP contribution in [0.25, 0.3) is 0 Å². The van der Waals surface area contributed by atoms with E-state index in [1.54, 1.807) is 0 Å². The Balaban J connectivity index is 0.000000791. The first-order chi connectivity index (χ1) is 6.43. The zero-order valence-electron chi connectivity index (χ0n) is 8.31. The van der Waals surface area contributed by atoms with Crippen LogP contribution in [0, 0.1) is 6.92 Å². The lowest BCUT2D eigenvalue weighted by atomic mass is 10.1. The maximum Gasteiger partial charge on any atom is 0.416 e. The average Bonchev–Trinajstić information content (AvgIpc) is 2.11. The highest BCUT2D eigenvalue weighted by Crippen LogP contribution is 2.34. The van der Waals surface area contributed by atoms with Gasteiger partial charge in [-0.05, 0) is 19.1 Å². The molecule has 0 bridgehead atoms. The van der Waals surface area contributed by atoms with Gasteiger partial charge >= 0.3 is 6.18 Å². The molecule has 0 fully saturated rings. The van der Waals surface area contributed by atoms with E-state index in [1.807, 2.05) is 13.8 Å². The molecule has 0 spiro atoms. The fourth-order valence-electron chi connectivity index (χ4n) is 0.931. The van der Waals surface area contributed by atoms with Crippen LogP contribution in [0.1, 0.15) is 25.0 Å². The Hall–Kier alpha value is -1.19. The molecule has 1 nitrogen and oxygen atoms in total. The van der Waals surface area contributed by atoms with Crippen molar-refractivity contribution in [3.63, 3.8) is 0 Å². The first-order valence-electron chi connectivity index (χ1n) is 4.28. The Labute approximate surface area is 81.2 Å². The number of phenols is 1. The third-order valence-electron chi connectivity index (χ3n) is 1.61. The zero-order valence-corrected chi connectivity index (χ0v) is 8.31. The topological polar surface area (TPSA) is 20.2 Å². The van der Waals surface area contributed by atoms with E-state index in [1.165, 1.54) is 19.1 Å². The summed E-state index contributed by atoms with van der Waals surface area (Å²) in [6, 6.07) is 3.34. The third kappa shape index (κ3) is 2.94. The van der Waals surface area contributed by atoms with E-state index in [-0.39, 0.29) is 11.3 Å². The molecule has 0 atom stereocenters. The molecule has 0 aliphatic rings. The summed E-state index contributed by atoms with van der Waals surface area (Å²) in [4.78, 5) is 0. The lowest BCUT2D eigenvalue weighted by Gasteiger charge is -2.10. The van der Waals surface area contributed by atoms with Gasteiger partial charge in [0, 0.05) is 5.56 Å². The fraction of sp³-hybridized carbons (Fsp3) is 0.400. The van der Waals surface area contributed by atoms with Crippen molar-refractivity contribution in [1.82, 2.24) is 0 Å². The third-order valence-corrected chi connectivity index (χ3v) is 1.61. The van der Waals surface area contributed by atoms with Gasteiger partial charge in [0.15, 0.2) is 0 Å². The number of hydrogen-bond acceptors (Lipinski definition) is 1. The molecule has 14 heavy (non-hydrogen) atoms. The first kappa shape index (κ1) is 12.8. The molecule has 1 N–H and O–H groups in total. The summed E-state index contributed by atoms with van der Waals surface area (Å²) in [7, 11) is 0. The number of benzene rings is 1. The van der Waals surface area contributed by atoms with E-state index in [0.29, 0.717) is 0 Å². The van der Waals surface area contributed by atoms with E-state index < -0.39 is 11.7 Å². The molecular formula is C10H13F3O. The van der Waals surface area contributed by atoms with Crippen molar-refractivity contribution in [2.45, 2.75) is 26.9 Å². The summed E-state index contributed by atoms with van der Waals surface area (Å²) in [5.41, 5.74) is -0.924. The molecule has 1 aromatic rings. The quantitative estimate of drug-likeness (QED) is 0.685. The summed E-state index contributed by atoms with van der Waals surface area (Å²) in [6.45, 7) is 5.23. The number of aromatic hydroxyl groups is 1. The zero-order chi connectivity index (χ0) is 11.4. The van der Waals surface area contributed by atoms with Crippen molar-refractivity contribution in [3.8, 4) is 5.75 Å². The SMILES string of the molecule is CC.Cc1c(O)cccc1C(F)(F)F. The van der Waals surface area contributed by atoms with Crippen LogP contribution in [0.3, 0.4) is 0 Å². The molecule has 0 aromatic heterocycles. The number of phenolic OH excluding ortho intramolecular Hbond substituents is 1. The second-order valence-electron chi connectivity index (χ2n) is 2.45. The molecule has 0 aliphatic heterocycles. The fourth-order valence-corrected chi connectivity index (χ4v) is 0.931. The van der Waals surface area contributed by atoms with Gasteiger partial charge in [0.1, 0.15) is 5.75 Å². The Morgan fingerprint density at radius 1 is 1.14 bits per heavy atom. The maximum atomic E-state index is 12.1. The Kier molecular flexibility index (Phi) is 4.47. The largest absolute Gasteiger partial charge is 0.508 e. The lowest BCUT2D eigenvalue weighted by molar-refractivity contribution is -0.138. The van der Waals surface area contributed by atoms with Crippen LogP contribution >= 0.6 is 0 Å². The Morgan fingerprint density at radius 2 is 1.64 bits per heavy atom. The minimum Gasteiger partial charge on any atom is -0.508 e. The molecule has 80 valence electrons. The molecule has 0 amide bonds. The Bertz CT molecular complexity index is 292. The van der Waals surface area contributed by atoms with Gasteiger partial charge in [-0.3, -0.25) is 0 Å². The van der Waals surface area contributed by atoms with Crippen molar-refractivity contribution in [1.29, 1.82) is 0 Å². The average molecular weight is 206 g/mol. The van der Waals surface area contributed by atoms with Gasteiger partial charge in [-0.1, -0.05) is 19.9 Å². The number of rotatable bonds is 0. The molecule has 0 saturated carbocycles. The summed E-state index contributed by atoms with van der Waals surface area (Å²) in [5.74, 6) is -0.329. The van der Waals surface area contributed by atoms with Gasteiger partial charge in [-0.15, -0.1) is 0 Å². The van der Waals surface area contributed by atoms with Crippen molar-refractivity contribution in [3.05, 3.63) is 29.3 Å². The smallest absolute Gasteiger partial charge is 0.416 e. The van der Waals surface area contributed by atoms with Gasteiger partial charge in [0.05, 0.1) is 5.56 Å². The van der Waals surface area contributed by atoms with Crippen LogP contribution in [0.2, 0.25) is 0 Å². The minimum atomic E-state index is -4.39. The molecule has 1 aromatic carbocycles. The summed E-state index contributed by atoms with van der Waals surface area (Å²) in [5, 5.41) is 8.96. The van der Waals surface area contributed by atoms with Crippen LogP contribution in [-0.2, 0) is 6.18 Å². The minimum absolute atomic E-state index is 0.134. The van der Waals surface area contributed by atoms with Crippen molar-refractivity contribution in [2.24, 2.45) is 0 Å². The lowest BCUT2D eigenvalue weighted by Crippen LogP contribution is -2.06. The summed E-state index contributed by atoms with van der Waals surface area (Å²) in [6.07, 6.45) is -4.39. The van der Waals surface area contributed by atoms with E-state index >= 15 is 0 Å². The second-order valence-corrected chi connectivity index (χ2v) is 2.45. The van der Waals surface area contributed by atoms with Crippen molar-refractivity contribution < 1.29 is 18.3 Å². The van der Waals surface area contributed by atoms with Crippen molar-refractivity contribution >= 4 is 0 Å². The molecular weight excluding hydrogens is 193 g/mol. The predicted molar refractivity (Wildman–Crippen MR) is 49.2 cm³/mol. The van der Waals surface area contributed by atoms with Crippen LogP contribution < -0.4 is 0 Å². The van der Waals surface area contributed by atoms with Crippen molar-refractivity contribution in [2.75, 3.05) is 0 Å². The number of alkyl halides is 3. The van der Waals surface area contributed by atoms with Crippen LogP contribution in [0.4, 0.5) is 13.2 Å². The first-order valence-corrected chi connectivity index (χ1v) is 4.28. The molecule has 0 aliphatic carbocycles. The van der Waals surface area contributed by atoms with E-state index in [9.17, 15) is 13.2 Å². The Morgan fingerprint density at radius 3 is 2.00 bits per heavy atom. The maximum absolute atomic E-state index is 12.1. The van der Waals surface area contributed by atoms with Gasteiger partial charge in [-0.2, -0.15) is 13.2 Å². The number of halogens is 3. The van der Waals surface area contributed by atoms with E-state index in [0.717, 1.165) is 6.07 Å². The van der Waals surface area contributed by atoms with E-state index in [4.69, 9.17) is 5.11 Å². The molecule has 0 saturated heterocycles. The highest BCUT2D eigenvalue weighted by molar-refractivity contribution is 5.39. The molecule has 0 unspecified atom stereocenters. The summed E-state index contributed by atoms with van der Waals surface area (Å²) < 4.78 is 36.4. The van der Waals surface area contributed by atoms with Crippen LogP contribution in [0.15, 0.2) is 18.2 Å². The molecule has 1 rings (SSSR count). The standard InChI is InChI=1S/C8H7F3O.C2H6/c1-5-6(8(9,10)11)3-2-4-7(5)12;1-2/h2-4,12H,1H3;1-2H3.